The summed E-state index contributed by atoms with van der Waals surface area (Å²) in [6.07, 6.45) is 4.25. The first kappa shape index (κ1) is 13.8. The topological polar surface area (TPSA) is 66.4 Å². The van der Waals surface area contributed by atoms with Crippen LogP contribution in [0, 0.1) is 6.92 Å². The first-order valence-electron chi connectivity index (χ1n) is 7.11. The summed E-state index contributed by atoms with van der Waals surface area (Å²) in [5, 5.41) is -0.115. The van der Waals surface area contributed by atoms with Crippen molar-refractivity contribution in [3.63, 3.8) is 0 Å². The van der Waals surface area contributed by atoms with Crippen molar-refractivity contribution < 1.29 is 8.42 Å². The van der Waals surface area contributed by atoms with Crippen LogP contribution >= 0.6 is 0 Å². The van der Waals surface area contributed by atoms with Gasteiger partial charge in [0.1, 0.15) is 11.6 Å². The lowest BCUT2D eigenvalue weighted by Gasteiger charge is -2.22. The predicted octanol–water partition coefficient (Wildman–Crippen LogP) is 0.789. The third-order valence-corrected chi connectivity index (χ3v) is 6.24. The summed E-state index contributed by atoms with van der Waals surface area (Å²) in [6, 6.07) is 1.89. The Hall–Kier alpha value is -1.21. The van der Waals surface area contributed by atoms with Crippen molar-refractivity contribution in [1.82, 2.24) is 14.3 Å². The van der Waals surface area contributed by atoms with Gasteiger partial charge in [-0.1, -0.05) is 0 Å². The van der Waals surface area contributed by atoms with Gasteiger partial charge in [-0.15, -0.1) is 0 Å². The Morgan fingerprint density at radius 3 is 2.70 bits per heavy atom. The van der Waals surface area contributed by atoms with Crippen LogP contribution in [0.5, 0.6) is 0 Å². The largest absolute Gasteiger partial charge is 0.355 e. The van der Waals surface area contributed by atoms with Crippen molar-refractivity contribution in [2.45, 2.75) is 31.4 Å². The molecule has 2 fully saturated rings. The summed E-state index contributed by atoms with van der Waals surface area (Å²) < 4.78 is 26.2. The lowest BCUT2D eigenvalue weighted by molar-refractivity contribution is 0.432. The molecule has 1 aromatic heterocycles. The highest BCUT2D eigenvalue weighted by atomic mass is 32.2. The average molecular weight is 296 g/mol. The molecular formula is C13H20N4O2S. The van der Waals surface area contributed by atoms with E-state index in [1.165, 1.54) is 0 Å². The third-order valence-electron chi connectivity index (χ3n) is 3.85. The van der Waals surface area contributed by atoms with Crippen molar-refractivity contribution in [2.75, 3.05) is 31.1 Å². The van der Waals surface area contributed by atoms with E-state index >= 15 is 0 Å². The van der Waals surface area contributed by atoms with Gasteiger partial charge in [0, 0.05) is 32.4 Å². The standard InChI is InChI=1S/C13H20N4O2S/c1-11-14-6-5-13(15-11)16-7-2-8-17(10-9-16)20(18,19)12-3-4-12/h5-6,12H,2-4,7-10H2,1H3. The summed E-state index contributed by atoms with van der Waals surface area (Å²) in [6.45, 7) is 4.59. The fourth-order valence-electron chi connectivity index (χ4n) is 2.57. The second-order valence-corrected chi connectivity index (χ2v) is 7.66. The van der Waals surface area contributed by atoms with Crippen LogP contribution in [0.25, 0.3) is 0 Å². The molecule has 1 saturated carbocycles. The molecule has 1 saturated heterocycles. The molecule has 3 rings (SSSR count). The number of anilines is 1. The van der Waals surface area contributed by atoms with E-state index in [-0.39, 0.29) is 5.25 Å². The zero-order valence-electron chi connectivity index (χ0n) is 11.7. The predicted molar refractivity (Wildman–Crippen MR) is 77.1 cm³/mol. The Labute approximate surface area is 119 Å². The molecule has 0 aromatic carbocycles. The van der Waals surface area contributed by atoms with Crippen LogP contribution in [0.15, 0.2) is 12.3 Å². The second-order valence-electron chi connectivity index (χ2n) is 5.45. The van der Waals surface area contributed by atoms with Crippen molar-refractivity contribution in [2.24, 2.45) is 0 Å². The van der Waals surface area contributed by atoms with Gasteiger partial charge >= 0.3 is 0 Å². The van der Waals surface area contributed by atoms with Gasteiger partial charge in [0.25, 0.3) is 0 Å². The quantitative estimate of drug-likeness (QED) is 0.825. The van der Waals surface area contributed by atoms with Crippen molar-refractivity contribution in [3.05, 3.63) is 18.1 Å². The van der Waals surface area contributed by atoms with Crippen molar-refractivity contribution in [1.29, 1.82) is 0 Å². The van der Waals surface area contributed by atoms with Crippen molar-refractivity contribution >= 4 is 15.8 Å². The molecular weight excluding hydrogens is 276 g/mol. The molecule has 1 aliphatic carbocycles. The molecule has 7 heteroatoms. The highest BCUT2D eigenvalue weighted by molar-refractivity contribution is 7.90. The van der Waals surface area contributed by atoms with Crippen LogP contribution in [0.2, 0.25) is 0 Å². The molecule has 0 atom stereocenters. The number of rotatable bonds is 3. The number of aromatic nitrogens is 2. The Bertz CT molecular complexity index is 586. The lowest BCUT2D eigenvalue weighted by Crippen LogP contribution is -2.37. The summed E-state index contributed by atoms with van der Waals surface area (Å²) >= 11 is 0. The minimum absolute atomic E-state index is 0.115. The van der Waals surface area contributed by atoms with E-state index in [0.29, 0.717) is 19.6 Å². The number of aryl methyl sites for hydroxylation is 1. The van der Waals surface area contributed by atoms with E-state index in [9.17, 15) is 8.42 Å². The minimum Gasteiger partial charge on any atom is -0.355 e. The average Bonchev–Trinajstić information content (AvgIpc) is 3.25. The van der Waals surface area contributed by atoms with E-state index in [2.05, 4.69) is 14.9 Å². The number of hydrogen-bond acceptors (Lipinski definition) is 5. The zero-order valence-corrected chi connectivity index (χ0v) is 12.5. The number of nitrogens with zero attached hydrogens (tertiary/aromatic N) is 4. The molecule has 2 heterocycles. The van der Waals surface area contributed by atoms with Gasteiger partial charge in [-0.3, -0.25) is 0 Å². The van der Waals surface area contributed by atoms with Gasteiger partial charge in [-0.2, -0.15) is 4.31 Å². The molecule has 1 aromatic rings. The number of sulfonamides is 1. The maximum absolute atomic E-state index is 12.3. The summed E-state index contributed by atoms with van der Waals surface area (Å²) in [4.78, 5) is 10.7. The normalized spacial score (nSPS) is 21.8. The summed E-state index contributed by atoms with van der Waals surface area (Å²) in [5.41, 5.74) is 0. The Morgan fingerprint density at radius 2 is 2.00 bits per heavy atom. The molecule has 0 spiro atoms. The lowest BCUT2D eigenvalue weighted by atomic mass is 10.4. The van der Waals surface area contributed by atoms with E-state index in [1.54, 1.807) is 10.5 Å². The van der Waals surface area contributed by atoms with E-state index < -0.39 is 10.0 Å². The van der Waals surface area contributed by atoms with Crippen LogP contribution in [0.1, 0.15) is 25.1 Å². The highest BCUT2D eigenvalue weighted by Gasteiger charge is 2.40. The maximum Gasteiger partial charge on any atom is 0.217 e. The van der Waals surface area contributed by atoms with Gasteiger partial charge in [0.15, 0.2) is 0 Å². The van der Waals surface area contributed by atoms with Gasteiger partial charge in [-0.05, 0) is 32.3 Å². The Balaban J connectivity index is 1.71. The Kier molecular flexibility index (Phi) is 3.64. The Morgan fingerprint density at radius 1 is 1.20 bits per heavy atom. The van der Waals surface area contributed by atoms with E-state index in [4.69, 9.17) is 0 Å². The molecule has 0 radical (unpaired) electrons. The first-order valence-corrected chi connectivity index (χ1v) is 8.61. The highest BCUT2D eigenvalue weighted by Crippen LogP contribution is 2.31. The molecule has 0 amide bonds. The first-order chi connectivity index (χ1) is 9.57. The number of hydrogen-bond donors (Lipinski definition) is 0. The summed E-state index contributed by atoms with van der Waals surface area (Å²) in [7, 11) is -3.05. The van der Waals surface area contributed by atoms with Gasteiger partial charge < -0.3 is 4.90 Å². The van der Waals surface area contributed by atoms with Crippen LogP contribution in [-0.2, 0) is 10.0 Å². The maximum atomic E-state index is 12.3. The minimum atomic E-state index is -3.05. The van der Waals surface area contributed by atoms with Crippen LogP contribution < -0.4 is 4.90 Å². The molecule has 2 aliphatic rings. The zero-order chi connectivity index (χ0) is 14.2. The molecule has 0 N–H and O–H groups in total. The van der Waals surface area contributed by atoms with Crippen LogP contribution in [0.3, 0.4) is 0 Å². The van der Waals surface area contributed by atoms with Crippen LogP contribution in [-0.4, -0.2) is 54.1 Å². The fraction of sp³-hybridized carbons (Fsp3) is 0.692. The molecule has 0 bridgehead atoms. The molecule has 6 nitrogen and oxygen atoms in total. The monoisotopic (exact) mass is 296 g/mol. The molecule has 20 heavy (non-hydrogen) atoms. The fourth-order valence-corrected chi connectivity index (χ4v) is 4.45. The molecule has 0 unspecified atom stereocenters. The molecule has 110 valence electrons. The van der Waals surface area contributed by atoms with E-state index in [0.717, 1.165) is 37.4 Å². The van der Waals surface area contributed by atoms with Gasteiger partial charge in [0.05, 0.1) is 5.25 Å². The SMILES string of the molecule is Cc1nccc(N2CCCN(S(=O)(=O)C3CC3)CC2)n1. The van der Waals surface area contributed by atoms with Crippen molar-refractivity contribution in [3.8, 4) is 0 Å². The van der Waals surface area contributed by atoms with E-state index in [1.807, 2.05) is 13.0 Å². The van der Waals surface area contributed by atoms with Crippen LogP contribution in [0.4, 0.5) is 5.82 Å². The summed E-state index contributed by atoms with van der Waals surface area (Å²) in [5.74, 6) is 1.64. The van der Waals surface area contributed by atoms with Gasteiger partial charge in [0.2, 0.25) is 10.0 Å². The third kappa shape index (κ3) is 2.78. The van der Waals surface area contributed by atoms with Gasteiger partial charge in [-0.25, -0.2) is 18.4 Å². The molecule has 1 aliphatic heterocycles. The second kappa shape index (κ2) is 5.29. The smallest absolute Gasteiger partial charge is 0.217 e.